The molecule has 0 spiro atoms. The van der Waals surface area contributed by atoms with E-state index in [2.05, 4.69) is 18.8 Å². The molecule has 2 aromatic rings. The summed E-state index contributed by atoms with van der Waals surface area (Å²) in [6.45, 7) is 5.83. The van der Waals surface area contributed by atoms with Gasteiger partial charge in [-0.25, -0.2) is 4.79 Å². The van der Waals surface area contributed by atoms with Gasteiger partial charge in [-0.3, -0.25) is 4.79 Å². The van der Waals surface area contributed by atoms with E-state index in [0.717, 1.165) is 49.7 Å². The number of hydrogen-bond donors (Lipinski definition) is 1. The molecule has 1 fully saturated rings. The number of amides is 1. The third kappa shape index (κ3) is 3.73. The quantitative estimate of drug-likeness (QED) is 0.840. The molecule has 1 aromatic carbocycles. The average molecular weight is 368 g/mol. The average Bonchev–Trinajstić information content (AvgIpc) is 3.03. The second kappa shape index (κ2) is 7.37. The Kier molecular flexibility index (Phi) is 4.94. The lowest BCUT2D eigenvalue weighted by atomic mass is 9.87. The van der Waals surface area contributed by atoms with Crippen LogP contribution in [-0.2, 0) is 22.4 Å². The van der Waals surface area contributed by atoms with Crippen molar-refractivity contribution in [1.82, 2.24) is 9.88 Å². The first-order chi connectivity index (χ1) is 13.0. The number of aromatic nitrogens is 1. The number of aromatic amines is 1. The van der Waals surface area contributed by atoms with E-state index in [1.54, 1.807) is 11.0 Å². The van der Waals surface area contributed by atoms with Gasteiger partial charge in [-0.05, 0) is 67.7 Å². The summed E-state index contributed by atoms with van der Waals surface area (Å²) < 4.78 is 5.32. The third-order valence-corrected chi connectivity index (χ3v) is 6.13. The topological polar surface area (TPSA) is 62.4 Å². The summed E-state index contributed by atoms with van der Waals surface area (Å²) in [5.74, 6) is 0.814. The summed E-state index contributed by atoms with van der Waals surface area (Å²) in [6.07, 6.45) is 5.35. The van der Waals surface area contributed by atoms with Gasteiger partial charge in [0.05, 0.1) is 5.56 Å². The molecule has 0 bridgehead atoms. The van der Waals surface area contributed by atoms with Gasteiger partial charge in [-0.2, -0.15) is 0 Å². The maximum absolute atomic E-state index is 12.5. The van der Waals surface area contributed by atoms with E-state index >= 15 is 0 Å². The predicted molar refractivity (Wildman–Crippen MR) is 105 cm³/mol. The Bertz CT molecular complexity index is 862. The molecule has 1 N–H and O–H groups in total. The fourth-order valence-electron chi connectivity index (χ4n) is 4.28. The second-order valence-corrected chi connectivity index (χ2v) is 8.33. The molecule has 2 heterocycles. The first kappa shape index (κ1) is 18.1. The maximum atomic E-state index is 12.5. The van der Waals surface area contributed by atoms with E-state index in [-0.39, 0.29) is 12.5 Å². The van der Waals surface area contributed by atoms with Crippen molar-refractivity contribution in [2.24, 2.45) is 11.8 Å². The number of esters is 1. The summed E-state index contributed by atoms with van der Waals surface area (Å²) in [7, 11) is 0. The van der Waals surface area contributed by atoms with Crippen LogP contribution >= 0.6 is 0 Å². The number of hydrogen-bond acceptors (Lipinski definition) is 3. The smallest absolute Gasteiger partial charge is 0.338 e. The summed E-state index contributed by atoms with van der Waals surface area (Å²) in [5, 5.41) is 1.11. The Labute approximate surface area is 160 Å². The van der Waals surface area contributed by atoms with Gasteiger partial charge in [-0.1, -0.05) is 13.8 Å². The summed E-state index contributed by atoms with van der Waals surface area (Å²) in [4.78, 5) is 30.1. The van der Waals surface area contributed by atoms with E-state index in [4.69, 9.17) is 4.74 Å². The lowest BCUT2D eigenvalue weighted by Crippen LogP contribution is -2.40. The fraction of sp³-hybridized carbons (Fsp3) is 0.545. The molecule has 4 rings (SSSR count). The van der Waals surface area contributed by atoms with Gasteiger partial charge >= 0.3 is 5.97 Å². The van der Waals surface area contributed by atoms with Crippen LogP contribution in [0.15, 0.2) is 18.2 Å². The zero-order chi connectivity index (χ0) is 19.0. The van der Waals surface area contributed by atoms with E-state index < -0.39 is 5.97 Å². The molecule has 0 saturated carbocycles. The molecule has 5 heteroatoms. The number of rotatable bonds is 3. The molecule has 27 heavy (non-hydrogen) atoms. The number of aryl methyl sites for hydroxylation is 1. The minimum Gasteiger partial charge on any atom is -0.452 e. The number of likely N-dealkylation sites (tertiary alicyclic amines) is 1. The number of fused-ring (bicyclic) bond motifs is 3. The van der Waals surface area contributed by atoms with Gasteiger partial charge < -0.3 is 14.6 Å². The molecule has 1 aromatic heterocycles. The van der Waals surface area contributed by atoms with E-state index in [1.807, 2.05) is 12.1 Å². The van der Waals surface area contributed by atoms with Gasteiger partial charge in [0.15, 0.2) is 6.61 Å². The Morgan fingerprint density at radius 2 is 1.93 bits per heavy atom. The van der Waals surface area contributed by atoms with Crippen LogP contribution in [0.4, 0.5) is 0 Å². The standard InChI is InChI=1S/C22H28N2O3/c1-14-7-9-24(10-8-14)21(25)13-27-22(26)16-4-6-20-18(12-16)17-11-15(2)3-5-19(17)23-20/h4,6,12,14-15,23H,3,5,7-11,13H2,1-2H3/t15-/m0/s1. The number of carbonyl (C=O) groups is 2. The largest absolute Gasteiger partial charge is 0.452 e. The van der Waals surface area contributed by atoms with Crippen LogP contribution in [0.5, 0.6) is 0 Å². The van der Waals surface area contributed by atoms with Crippen LogP contribution < -0.4 is 0 Å². The number of nitrogens with one attached hydrogen (secondary N) is 1. The lowest BCUT2D eigenvalue weighted by molar-refractivity contribution is -0.135. The van der Waals surface area contributed by atoms with E-state index in [0.29, 0.717) is 17.4 Å². The van der Waals surface area contributed by atoms with Crippen molar-refractivity contribution in [3.63, 3.8) is 0 Å². The number of nitrogens with zero attached hydrogens (tertiary/aromatic N) is 1. The van der Waals surface area contributed by atoms with E-state index in [1.165, 1.54) is 17.7 Å². The van der Waals surface area contributed by atoms with Crippen LogP contribution in [0.25, 0.3) is 10.9 Å². The molecule has 5 nitrogen and oxygen atoms in total. The maximum Gasteiger partial charge on any atom is 0.338 e. The minimum atomic E-state index is -0.422. The highest BCUT2D eigenvalue weighted by molar-refractivity contribution is 5.97. The van der Waals surface area contributed by atoms with Crippen molar-refractivity contribution in [2.45, 2.75) is 46.0 Å². The molecule has 0 radical (unpaired) electrons. The monoisotopic (exact) mass is 368 g/mol. The summed E-state index contributed by atoms with van der Waals surface area (Å²) in [5.41, 5.74) is 4.21. The number of carbonyl (C=O) groups excluding carboxylic acids is 2. The molecule has 1 atom stereocenters. The van der Waals surface area contributed by atoms with Crippen LogP contribution in [0.2, 0.25) is 0 Å². The molecule has 1 saturated heterocycles. The fourth-order valence-corrected chi connectivity index (χ4v) is 4.28. The van der Waals surface area contributed by atoms with Crippen molar-refractivity contribution in [3.8, 4) is 0 Å². The molecule has 0 unspecified atom stereocenters. The van der Waals surface area contributed by atoms with Crippen molar-refractivity contribution in [1.29, 1.82) is 0 Å². The number of benzene rings is 1. The van der Waals surface area contributed by atoms with Crippen molar-refractivity contribution >= 4 is 22.8 Å². The highest BCUT2D eigenvalue weighted by atomic mass is 16.5. The second-order valence-electron chi connectivity index (χ2n) is 8.33. The molecular formula is C22H28N2O3. The zero-order valence-corrected chi connectivity index (χ0v) is 16.2. The van der Waals surface area contributed by atoms with Gasteiger partial charge in [0.1, 0.15) is 0 Å². The van der Waals surface area contributed by atoms with Crippen molar-refractivity contribution in [3.05, 3.63) is 35.0 Å². The van der Waals surface area contributed by atoms with Crippen LogP contribution in [0.1, 0.15) is 54.7 Å². The SMILES string of the molecule is CC1CCN(C(=O)COC(=O)c2ccc3[nH]c4c(c3c2)C[C@@H](C)CC4)CC1. The molecular weight excluding hydrogens is 340 g/mol. The van der Waals surface area contributed by atoms with Gasteiger partial charge in [0, 0.05) is 29.7 Å². The Hall–Kier alpha value is -2.30. The van der Waals surface area contributed by atoms with Gasteiger partial charge in [-0.15, -0.1) is 0 Å². The van der Waals surface area contributed by atoms with Gasteiger partial charge in [0.25, 0.3) is 5.91 Å². The summed E-state index contributed by atoms with van der Waals surface area (Å²) in [6, 6.07) is 5.64. The van der Waals surface area contributed by atoms with Crippen LogP contribution in [-0.4, -0.2) is 41.5 Å². The summed E-state index contributed by atoms with van der Waals surface area (Å²) >= 11 is 0. The zero-order valence-electron chi connectivity index (χ0n) is 16.2. The molecule has 1 aliphatic heterocycles. The number of H-pyrrole nitrogens is 1. The first-order valence-corrected chi connectivity index (χ1v) is 10.1. The highest BCUT2D eigenvalue weighted by Gasteiger charge is 2.23. The Morgan fingerprint density at radius 1 is 1.15 bits per heavy atom. The minimum absolute atomic E-state index is 0.0934. The van der Waals surface area contributed by atoms with Crippen LogP contribution in [0, 0.1) is 11.8 Å². The van der Waals surface area contributed by atoms with Crippen LogP contribution in [0.3, 0.4) is 0 Å². The number of piperidine rings is 1. The van der Waals surface area contributed by atoms with Crippen molar-refractivity contribution in [2.75, 3.05) is 19.7 Å². The van der Waals surface area contributed by atoms with E-state index in [9.17, 15) is 9.59 Å². The molecule has 144 valence electrons. The normalized spacial score (nSPS) is 20.5. The Balaban J connectivity index is 1.43. The van der Waals surface area contributed by atoms with Gasteiger partial charge in [0.2, 0.25) is 0 Å². The molecule has 2 aliphatic rings. The van der Waals surface area contributed by atoms with Crippen molar-refractivity contribution < 1.29 is 14.3 Å². The Morgan fingerprint density at radius 3 is 2.70 bits per heavy atom. The lowest BCUT2D eigenvalue weighted by Gasteiger charge is -2.30. The highest BCUT2D eigenvalue weighted by Crippen LogP contribution is 2.32. The molecule has 1 aliphatic carbocycles. The number of ether oxygens (including phenoxy) is 1. The third-order valence-electron chi connectivity index (χ3n) is 6.13. The molecule has 1 amide bonds. The predicted octanol–water partition coefficient (Wildman–Crippen LogP) is 3.71. The first-order valence-electron chi connectivity index (χ1n) is 10.1.